The first kappa shape index (κ1) is 27.3. The van der Waals surface area contributed by atoms with Crippen LogP contribution in [0.5, 0.6) is 0 Å². The van der Waals surface area contributed by atoms with Crippen LogP contribution in [0.15, 0.2) is 0 Å². The van der Waals surface area contributed by atoms with Crippen LogP contribution in [0.2, 0.25) is 0 Å². The Balaban J connectivity index is 0.000000183. The maximum absolute atomic E-state index is 4.81. The normalized spacial score (nSPS) is 25.6. The summed E-state index contributed by atoms with van der Waals surface area (Å²) in [5, 5.41) is 0. The molecule has 4 aliphatic rings. The van der Waals surface area contributed by atoms with E-state index in [1.807, 2.05) is 0 Å². The van der Waals surface area contributed by atoms with Crippen molar-refractivity contribution in [3.63, 3.8) is 0 Å². The van der Waals surface area contributed by atoms with Crippen molar-refractivity contribution in [1.29, 1.82) is 0 Å². The molecule has 29 heavy (non-hydrogen) atoms. The van der Waals surface area contributed by atoms with Gasteiger partial charge in [-0.3, -0.25) is 0 Å². The van der Waals surface area contributed by atoms with E-state index >= 15 is 0 Å². The Morgan fingerprint density at radius 3 is 0.724 bits per heavy atom. The molecule has 0 spiro atoms. The van der Waals surface area contributed by atoms with Gasteiger partial charge in [0.25, 0.3) is 0 Å². The zero-order chi connectivity index (χ0) is 20.6. The van der Waals surface area contributed by atoms with E-state index in [1.54, 1.807) is 51.4 Å². The Labute approximate surface area is 202 Å². The summed E-state index contributed by atoms with van der Waals surface area (Å²) in [5.41, 5.74) is 4.60. The van der Waals surface area contributed by atoms with Crippen LogP contribution in [0, 0.1) is 0 Å². The van der Waals surface area contributed by atoms with Crippen molar-refractivity contribution in [3.8, 4) is 0 Å². The van der Waals surface area contributed by atoms with E-state index in [0.717, 1.165) is 22.6 Å². The standard InChI is InChI=1S/2C12H23P.2ClH.Pd/c2*1-3-7-11(8-4-1)13-12-9-5-2-6-10-12;;;/h2*11-13H,1-10H2;2*1H;/q;;;;+2/p-2. The van der Waals surface area contributed by atoms with Crippen molar-refractivity contribution >= 4 is 36.2 Å². The van der Waals surface area contributed by atoms with Crippen LogP contribution in [0.4, 0.5) is 0 Å². The summed E-state index contributed by atoms with van der Waals surface area (Å²) in [4.78, 5) is 0. The molecule has 176 valence electrons. The summed E-state index contributed by atoms with van der Waals surface area (Å²) in [6.07, 6.45) is 30.9. The van der Waals surface area contributed by atoms with Gasteiger partial charge in [-0.1, -0.05) is 77.0 Å². The van der Waals surface area contributed by atoms with Gasteiger partial charge in [-0.25, -0.2) is 0 Å². The molecule has 0 nitrogen and oxygen atoms in total. The molecule has 0 unspecified atom stereocenters. The van der Waals surface area contributed by atoms with Crippen molar-refractivity contribution in [3.05, 3.63) is 0 Å². The van der Waals surface area contributed by atoms with E-state index in [2.05, 4.69) is 0 Å². The van der Waals surface area contributed by atoms with Gasteiger partial charge in [-0.2, -0.15) is 0 Å². The van der Waals surface area contributed by atoms with E-state index in [0.29, 0.717) is 0 Å². The first-order valence-corrected chi connectivity index (χ1v) is 19.0. The van der Waals surface area contributed by atoms with Crippen LogP contribution in [0.25, 0.3) is 0 Å². The van der Waals surface area contributed by atoms with Gasteiger partial charge >= 0.3 is 35.0 Å². The van der Waals surface area contributed by atoms with E-state index in [9.17, 15) is 0 Å². The number of hydrogen-bond acceptors (Lipinski definition) is 0. The van der Waals surface area contributed by atoms with Crippen molar-refractivity contribution in [2.45, 2.75) is 151 Å². The summed E-state index contributed by atoms with van der Waals surface area (Å²) in [6, 6.07) is 0. The second-order valence-electron chi connectivity index (χ2n) is 9.72. The van der Waals surface area contributed by atoms with Gasteiger partial charge in [0.1, 0.15) is 0 Å². The fourth-order valence-electron chi connectivity index (χ4n) is 5.74. The summed E-state index contributed by atoms with van der Waals surface area (Å²) in [5.74, 6) is 0. The predicted molar refractivity (Wildman–Crippen MR) is 136 cm³/mol. The van der Waals surface area contributed by atoms with Crippen molar-refractivity contribution in [2.24, 2.45) is 0 Å². The quantitative estimate of drug-likeness (QED) is 0.232. The maximum atomic E-state index is 4.81. The Hall–Kier alpha value is 2.10. The molecule has 5 heteroatoms. The van der Waals surface area contributed by atoms with E-state index in [1.165, 1.54) is 94.2 Å². The van der Waals surface area contributed by atoms with Crippen LogP contribution in [-0.4, -0.2) is 22.6 Å². The van der Waals surface area contributed by atoms with Gasteiger partial charge in [0.15, 0.2) is 0 Å². The summed E-state index contributed by atoms with van der Waals surface area (Å²) < 4.78 is 0. The second kappa shape index (κ2) is 18.5. The minimum absolute atomic E-state index is 0.106. The Bertz CT molecular complexity index is 296. The van der Waals surface area contributed by atoms with Crippen LogP contribution in [0.3, 0.4) is 0 Å². The monoisotopic (exact) mass is 572 g/mol. The van der Waals surface area contributed by atoms with Gasteiger partial charge in [-0.05, 0) is 74.0 Å². The molecule has 0 N–H and O–H groups in total. The van der Waals surface area contributed by atoms with Gasteiger partial charge in [0.05, 0.1) is 0 Å². The third-order valence-electron chi connectivity index (χ3n) is 7.36. The average Bonchev–Trinajstić information content (AvgIpc) is 2.78. The summed E-state index contributed by atoms with van der Waals surface area (Å²) in [7, 11) is 12.3. The molecule has 0 aromatic heterocycles. The van der Waals surface area contributed by atoms with E-state index < -0.39 is 0 Å². The number of halogens is 2. The number of hydrogen-bond donors (Lipinski definition) is 0. The molecular formula is C24H46Cl2P2Pd. The first-order valence-electron chi connectivity index (χ1n) is 12.7. The molecule has 0 saturated heterocycles. The van der Waals surface area contributed by atoms with Gasteiger partial charge in [-0.15, -0.1) is 17.2 Å². The van der Waals surface area contributed by atoms with Gasteiger partial charge in [0, 0.05) is 0 Å². The minimum atomic E-state index is -0.106. The SMILES string of the molecule is C1CCC(PC2CCCCC2)CC1.C1CCC(PC2CCCCC2)CC1.[Cl][Pd][Cl]. The molecule has 0 atom stereocenters. The average molecular weight is 574 g/mol. The molecule has 0 aromatic rings. The number of rotatable bonds is 4. The predicted octanol–water partition coefficient (Wildman–Crippen LogP) is 10.0. The van der Waals surface area contributed by atoms with Crippen LogP contribution >= 0.6 is 36.2 Å². The zero-order valence-corrected chi connectivity index (χ0v) is 23.6. The Morgan fingerprint density at radius 2 is 0.552 bits per heavy atom. The van der Waals surface area contributed by atoms with E-state index in [-0.39, 0.29) is 15.9 Å². The molecule has 0 aliphatic heterocycles. The van der Waals surface area contributed by atoms with Crippen LogP contribution in [-0.2, 0) is 15.9 Å². The molecular weight excluding hydrogens is 528 g/mol. The summed E-state index contributed by atoms with van der Waals surface area (Å²) in [6.45, 7) is 0. The fraction of sp³-hybridized carbons (Fsp3) is 1.00. The van der Waals surface area contributed by atoms with Crippen molar-refractivity contribution in [1.82, 2.24) is 0 Å². The zero-order valence-electron chi connectivity index (χ0n) is 18.5. The molecule has 0 amide bonds. The second-order valence-corrected chi connectivity index (χ2v) is 16.0. The Kier molecular flexibility index (Phi) is 17.5. The molecule has 4 rings (SSSR count). The summed E-state index contributed by atoms with van der Waals surface area (Å²) >= 11 is -0.106. The molecule has 0 aromatic carbocycles. The topological polar surface area (TPSA) is 0 Å². The molecule has 4 saturated carbocycles. The molecule has 4 aliphatic carbocycles. The third kappa shape index (κ3) is 13.4. The van der Waals surface area contributed by atoms with Crippen molar-refractivity contribution < 1.29 is 15.9 Å². The van der Waals surface area contributed by atoms with Gasteiger partial charge in [0.2, 0.25) is 0 Å². The molecule has 4 fully saturated rings. The Morgan fingerprint density at radius 1 is 0.379 bits per heavy atom. The van der Waals surface area contributed by atoms with Crippen molar-refractivity contribution in [2.75, 3.05) is 0 Å². The fourth-order valence-corrected chi connectivity index (χ4v) is 10.0. The first-order chi connectivity index (χ1) is 14.3. The van der Waals surface area contributed by atoms with Crippen LogP contribution < -0.4 is 0 Å². The molecule has 0 bridgehead atoms. The van der Waals surface area contributed by atoms with Crippen LogP contribution in [0.1, 0.15) is 128 Å². The third-order valence-corrected chi connectivity index (χ3v) is 11.6. The van der Waals surface area contributed by atoms with E-state index in [4.69, 9.17) is 19.1 Å². The molecule has 0 heterocycles. The van der Waals surface area contributed by atoms with Gasteiger partial charge < -0.3 is 0 Å². The molecule has 0 radical (unpaired) electrons.